The van der Waals surface area contributed by atoms with Crippen LogP contribution in [0.3, 0.4) is 0 Å². The minimum Gasteiger partial charge on any atom is -0.354 e. The maximum absolute atomic E-state index is 10.9. The summed E-state index contributed by atoms with van der Waals surface area (Å²) in [5, 5.41) is 8.45. The van der Waals surface area contributed by atoms with E-state index in [1.165, 1.54) is 12.8 Å². The van der Waals surface area contributed by atoms with Crippen LogP contribution in [0.1, 0.15) is 19.3 Å². The summed E-state index contributed by atoms with van der Waals surface area (Å²) >= 11 is 0. The standard InChI is InChI=1S/C11H24N4O2/c1-15(2)9-4-3-6-12-7-5-8-13-11(16)10-14-17/h12H,3-10H2,1-2H3,(H,13,16). The van der Waals surface area contributed by atoms with Crippen LogP contribution in [0.5, 0.6) is 0 Å². The van der Waals surface area contributed by atoms with Crippen molar-refractivity contribution in [1.82, 2.24) is 15.5 Å². The van der Waals surface area contributed by atoms with Gasteiger partial charge in [0, 0.05) is 6.54 Å². The third kappa shape index (κ3) is 12.9. The van der Waals surface area contributed by atoms with Crippen LogP contribution in [-0.2, 0) is 4.79 Å². The SMILES string of the molecule is CN(C)CCCCNCCCNC(=O)CN=O. The van der Waals surface area contributed by atoms with Crippen molar-refractivity contribution in [3.8, 4) is 0 Å². The van der Waals surface area contributed by atoms with Gasteiger partial charge < -0.3 is 15.5 Å². The van der Waals surface area contributed by atoms with Crippen molar-refractivity contribution in [3.05, 3.63) is 4.91 Å². The molecule has 0 atom stereocenters. The minimum atomic E-state index is -0.300. The fourth-order valence-corrected chi connectivity index (χ4v) is 1.36. The number of hydrogen-bond donors (Lipinski definition) is 2. The van der Waals surface area contributed by atoms with Gasteiger partial charge in [0.05, 0.1) is 0 Å². The van der Waals surface area contributed by atoms with E-state index in [1.54, 1.807) is 0 Å². The van der Waals surface area contributed by atoms with E-state index in [-0.39, 0.29) is 12.5 Å². The molecule has 0 fully saturated rings. The van der Waals surface area contributed by atoms with Crippen molar-refractivity contribution in [2.45, 2.75) is 19.3 Å². The summed E-state index contributed by atoms with van der Waals surface area (Å²) in [7, 11) is 4.15. The normalized spacial score (nSPS) is 10.5. The number of nitrogens with one attached hydrogen (secondary N) is 2. The zero-order valence-corrected chi connectivity index (χ0v) is 10.9. The Morgan fingerprint density at radius 3 is 2.47 bits per heavy atom. The van der Waals surface area contributed by atoms with Crippen LogP contribution in [0, 0.1) is 4.91 Å². The Hall–Kier alpha value is -1.01. The van der Waals surface area contributed by atoms with E-state index >= 15 is 0 Å². The van der Waals surface area contributed by atoms with Gasteiger partial charge in [0.2, 0.25) is 5.91 Å². The summed E-state index contributed by atoms with van der Waals surface area (Å²) in [5.41, 5.74) is 0. The highest BCUT2D eigenvalue weighted by Gasteiger charge is 1.98. The summed E-state index contributed by atoms with van der Waals surface area (Å²) in [6, 6.07) is 0. The molecule has 6 heteroatoms. The lowest BCUT2D eigenvalue weighted by Crippen LogP contribution is -2.29. The Balaban J connectivity index is 3.08. The predicted molar refractivity (Wildman–Crippen MR) is 68.9 cm³/mol. The maximum Gasteiger partial charge on any atom is 0.245 e. The molecule has 100 valence electrons. The van der Waals surface area contributed by atoms with E-state index in [1.807, 2.05) is 0 Å². The lowest BCUT2D eigenvalue weighted by Gasteiger charge is -2.09. The Morgan fingerprint density at radius 1 is 1.12 bits per heavy atom. The van der Waals surface area contributed by atoms with Crippen LogP contribution in [0.2, 0.25) is 0 Å². The third-order valence-corrected chi connectivity index (χ3v) is 2.27. The topological polar surface area (TPSA) is 73.8 Å². The molecule has 0 heterocycles. The molecule has 0 aliphatic carbocycles. The summed E-state index contributed by atoms with van der Waals surface area (Å²) in [4.78, 5) is 22.8. The Bertz CT molecular complexity index is 210. The summed E-state index contributed by atoms with van der Waals surface area (Å²) in [5.74, 6) is -0.300. The second-order valence-corrected chi connectivity index (χ2v) is 4.25. The predicted octanol–water partition coefficient (Wildman–Crippen LogP) is 0.191. The molecule has 0 spiro atoms. The number of hydrogen-bond acceptors (Lipinski definition) is 5. The molecule has 0 aliphatic rings. The molecule has 0 bridgehead atoms. The number of rotatable bonds is 11. The molecule has 6 nitrogen and oxygen atoms in total. The highest BCUT2D eigenvalue weighted by molar-refractivity contribution is 5.77. The first-order chi connectivity index (χ1) is 8.16. The maximum atomic E-state index is 10.9. The van der Waals surface area contributed by atoms with Crippen LogP contribution in [0.4, 0.5) is 0 Å². The van der Waals surface area contributed by atoms with Crippen LogP contribution >= 0.6 is 0 Å². The molecular weight excluding hydrogens is 220 g/mol. The zero-order chi connectivity index (χ0) is 12.9. The van der Waals surface area contributed by atoms with E-state index in [4.69, 9.17) is 0 Å². The molecule has 0 aromatic rings. The number of carbonyl (C=O) groups excluding carboxylic acids is 1. The van der Waals surface area contributed by atoms with Gasteiger partial charge in [-0.05, 0) is 53.0 Å². The summed E-state index contributed by atoms with van der Waals surface area (Å²) in [6.45, 7) is 3.34. The number of carbonyl (C=O) groups is 1. The van der Waals surface area contributed by atoms with Crippen LogP contribution in [0.15, 0.2) is 5.18 Å². The van der Waals surface area contributed by atoms with E-state index < -0.39 is 0 Å². The number of nitroso groups, excluding NO2 is 1. The molecule has 0 unspecified atom stereocenters. The molecule has 0 aliphatic heterocycles. The summed E-state index contributed by atoms with van der Waals surface area (Å²) in [6.07, 6.45) is 3.24. The first-order valence-corrected chi connectivity index (χ1v) is 6.08. The highest BCUT2D eigenvalue weighted by atomic mass is 16.3. The largest absolute Gasteiger partial charge is 0.354 e. The second-order valence-electron chi connectivity index (χ2n) is 4.25. The first-order valence-electron chi connectivity index (χ1n) is 6.08. The van der Waals surface area contributed by atoms with Gasteiger partial charge in [-0.15, -0.1) is 0 Å². The van der Waals surface area contributed by atoms with Crippen molar-refractivity contribution in [3.63, 3.8) is 0 Å². The van der Waals surface area contributed by atoms with Crippen molar-refractivity contribution < 1.29 is 4.79 Å². The third-order valence-electron chi connectivity index (χ3n) is 2.27. The van der Waals surface area contributed by atoms with Gasteiger partial charge in [0.15, 0.2) is 6.54 Å². The minimum absolute atomic E-state index is 0.280. The Kier molecular flexibility index (Phi) is 10.8. The average molecular weight is 244 g/mol. The lowest BCUT2D eigenvalue weighted by molar-refractivity contribution is -0.119. The number of nitrogens with zero attached hydrogens (tertiary/aromatic N) is 2. The van der Waals surface area contributed by atoms with Crippen LogP contribution in [-0.4, -0.2) is 57.6 Å². The van der Waals surface area contributed by atoms with Crippen LogP contribution in [0.25, 0.3) is 0 Å². The monoisotopic (exact) mass is 244 g/mol. The quantitative estimate of drug-likeness (QED) is 0.402. The first kappa shape index (κ1) is 16.0. The van der Waals surface area contributed by atoms with Crippen molar-refractivity contribution >= 4 is 5.91 Å². The fourth-order valence-electron chi connectivity index (χ4n) is 1.36. The Labute approximate surface area is 103 Å². The molecule has 0 saturated carbocycles. The van der Waals surface area contributed by atoms with Crippen LogP contribution < -0.4 is 10.6 Å². The van der Waals surface area contributed by atoms with Gasteiger partial charge in [-0.1, -0.05) is 5.18 Å². The smallest absolute Gasteiger partial charge is 0.245 e. The van der Waals surface area contributed by atoms with Gasteiger partial charge in [-0.25, -0.2) is 0 Å². The molecule has 1 amide bonds. The summed E-state index contributed by atoms with van der Waals surface area (Å²) < 4.78 is 0. The van der Waals surface area contributed by atoms with E-state index in [2.05, 4.69) is 34.8 Å². The molecule has 0 radical (unpaired) electrons. The van der Waals surface area contributed by atoms with E-state index in [0.29, 0.717) is 6.54 Å². The van der Waals surface area contributed by atoms with Gasteiger partial charge >= 0.3 is 0 Å². The van der Waals surface area contributed by atoms with E-state index in [9.17, 15) is 9.70 Å². The van der Waals surface area contributed by atoms with E-state index in [0.717, 1.165) is 26.1 Å². The zero-order valence-electron chi connectivity index (χ0n) is 10.9. The van der Waals surface area contributed by atoms with Gasteiger partial charge in [0.25, 0.3) is 0 Å². The highest BCUT2D eigenvalue weighted by Crippen LogP contribution is 1.88. The molecule has 17 heavy (non-hydrogen) atoms. The fraction of sp³-hybridized carbons (Fsp3) is 0.909. The molecular formula is C11H24N4O2. The molecule has 0 aromatic heterocycles. The lowest BCUT2D eigenvalue weighted by atomic mass is 10.3. The van der Waals surface area contributed by atoms with Gasteiger partial charge in [-0.2, -0.15) is 4.91 Å². The average Bonchev–Trinajstić information content (AvgIpc) is 2.27. The Morgan fingerprint density at radius 2 is 1.82 bits per heavy atom. The van der Waals surface area contributed by atoms with Crippen molar-refractivity contribution in [2.75, 3.05) is 46.8 Å². The van der Waals surface area contributed by atoms with Gasteiger partial charge in [0.1, 0.15) is 0 Å². The number of amides is 1. The van der Waals surface area contributed by atoms with Crippen molar-refractivity contribution in [1.29, 1.82) is 0 Å². The van der Waals surface area contributed by atoms with Gasteiger partial charge in [-0.3, -0.25) is 4.79 Å². The second kappa shape index (κ2) is 11.5. The number of unbranched alkanes of at least 4 members (excludes halogenated alkanes) is 1. The molecule has 0 saturated heterocycles. The molecule has 0 rings (SSSR count). The molecule has 0 aromatic carbocycles. The van der Waals surface area contributed by atoms with Crippen molar-refractivity contribution in [2.24, 2.45) is 5.18 Å². The molecule has 2 N–H and O–H groups in total.